The average Bonchev–Trinajstić information content (AvgIpc) is 2.51. The van der Waals surface area contributed by atoms with Crippen LogP contribution in [0.5, 0.6) is 0 Å². The Morgan fingerprint density at radius 3 is 2.79 bits per heavy atom. The van der Waals surface area contributed by atoms with Crippen molar-refractivity contribution in [1.29, 1.82) is 0 Å². The standard InChI is InChI=1S/C10H9BrFNO/c1-5-8(4-13)14-10-6(11)2-3-7(12)9(5)10/h2-3H,4,13H2,1H3. The maximum atomic E-state index is 13.5. The maximum absolute atomic E-state index is 13.5. The molecule has 4 heteroatoms. The molecule has 0 saturated carbocycles. The molecule has 2 nitrogen and oxygen atoms in total. The summed E-state index contributed by atoms with van der Waals surface area (Å²) in [7, 11) is 0. The highest BCUT2D eigenvalue weighted by Crippen LogP contribution is 2.32. The van der Waals surface area contributed by atoms with Gasteiger partial charge in [-0.05, 0) is 35.0 Å². The van der Waals surface area contributed by atoms with Crippen LogP contribution in [0.1, 0.15) is 11.3 Å². The van der Waals surface area contributed by atoms with Gasteiger partial charge in [-0.2, -0.15) is 0 Å². The molecule has 2 rings (SSSR count). The Morgan fingerprint density at radius 2 is 2.21 bits per heavy atom. The fourth-order valence-electron chi connectivity index (χ4n) is 1.52. The number of hydrogen-bond acceptors (Lipinski definition) is 2. The lowest BCUT2D eigenvalue weighted by molar-refractivity contribution is 0.546. The minimum Gasteiger partial charge on any atom is -0.458 e. The first-order valence-electron chi connectivity index (χ1n) is 4.21. The summed E-state index contributed by atoms with van der Waals surface area (Å²) in [5, 5.41) is 0.514. The molecule has 0 radical (unpaired) electrons. The summed E-state index contributed by atoms with van der Waals surface area (Å²) in [6, 6.07) is 3.04. The monoisotopic (exact) mass is 257 g/mol. The lowest BCUT2D eigenvalue weighted by atomic mass is 10.1. The van der Waals surface area contributed by atoms with Gasteiger partial charge in [0.25, 0.3) is 0 Å². The molecule has 0 atom stereocenters. The zero-order valence-electron chi connectivity index (χ0n) is 7.60. The number of furan rings is 1. The van der Waals surface area contributed by atoms with Crippen LogP contribution < -0.4 is 5.73 Å². The van der Waals surface area contributed by atoms with E-state index in [1.54, 1.807) is 6.07 Å². The van der Waals surface area contributed by atoms with Gasteiger partial charge in [0.15, 0.2) is 5.58 Å². The van der Waals surface area contributed by atoms with Gasteiger partial charge in [0, 0.05) is 5.56 Å². The number of benzene rings is 1. The van der Waals surface area contributed by atoms with Crippen molar-refractivity contribution in [2.75, 3.05) is 0 Å². The van der Waals surface area contributed by atoms with Crippen LogP contribution in [-0.4, -0.2) is 0 Å². The summed E-state index contributed by atoms with van der Waals surface area (Å²) < 4.78 is 19.6. The Morgan fingerprint density at radius 1 is 1.50 bits per heavy atom. The number of aryl methyl sites for hydroxylation is 1. The summed E-state index contributed by atoms with van der Waals surface area (Å²) in [4.78, 5) is 0. The quantitative estimate of drug-likeness (QED) is 0.853. The van der Waals surface area contributed by atoms with E-state index in [2.05, 4.69) is 15.9 Å². The normalized spacial score (nSPS) is 11.1. The van der Waals surface area contributed by atoms with Crippen LogP contribution in [0, 0.1) is 12.7 Å². The molecule has 1 aromatic carbocycles. The first-order chi connectivity index (χ1) is 6.65. The Balaban J connectivity index is 2.90. The average molecular weight is 258 g/mol. The molecule has 0 fully saturated rings. The van der Waals surface area contributed by atoms with Crippen LogP contribution in [0.3, 0.4) is 0 Å². The minimum atomic E-state index is -0.274. The molecule has 14 heavy (non-hydrogen) atoms. The zero-order chi connectivity index (χ0) is 10.3. The molecule has 2 aromatic rings. The van der Waals surface area contributed by atoms with E-state index < -0.39 is 0 Å². The Bertz CT molecular complexity index is 492. The molecule has 0 unspecified atom stereocenters. The maximum Gasteiger partial charge on any atom is 0.151 e. The third-order valence-electron chi connectivity index (χ3n) is 2.26. The largest absolute Gasteiger partial charge is 0.458 e. The molecular weight excluding hydrogens is 249 g/mol. The lowest BCUT2D eigenvalue weighted by Gasteiger charge is -1.94. The van der Waals surface area contributed by atoms with Crippen molar-refractivity contribution in [3.63, 3.8) is 0 Å². The van der Waals surface area contributed by atoms with Gasteiger partial charge in [-0.3, -0.25) is 0 Å². The van der Waals surface area contributed by atoms with Crippen molar-refractivity contribution in [2.24, 2.45) is 5.73 Å². The Labute approximate surface area is 89.0 Å². The molecule has 0 aliphatic carbocycles. The van der Waals surface area contributed by atoms with Crippen molar-refractivity contribution in [2.45, 2.75) is 13.5 Å². The Kier molecular flexibility index (Phi) is 2.33. The SMILES string of the molecule is Cc1c(CN)oc2c(Br)ccc(F)c12. The highest BCUT2D eigenvalue weighted by molar-refractivity contribution is 9.10. The van der Waals surface area contributed by atoms with E-state index in [1.165, 1.54) is 6.07 Å². The molecule has 2 N–H and O–H groups in total. The van der Waals surface area contributed by atoms with Crippen LogP contribution in [0.15, 0.2) is 21.0 Å². The molecular formula is C10H9BrFNO. The fraction of sp³-hybridized carbons (Fsp3) is 0.200. The van der Waals surface area contributed by atoms with E-state index in [1.807, 2.05) is 6.92 Å². The number of rotatable bonds is 1. The summed E-state index contributed by atoms with van der Waals surface area (Å²) in [5.41, 5.74) is 6.79. The summed E-state index contributed by atoms with van der Waals surface area (Å²) >= 11 is 3.31. The molecule has 1 aromatic heterocycles. The van der Waals surface area contributed by atoms with Gasteiger partial charge in [0.2, 0.25) is 0 Å². The van der Waals surface area contributed by atoms with E-state index >= 15 is 0 Å². The van der Waals surface area contributed by atoms with Gasteiger partial charge in [0.1, 0.15) is 11.6 Å². The number of halogens is 2. The van der Waals surface area contributed by atoms with E-state index in [4.69, 9.17) is 10.2 Å². The van der Waals surface area contributed by atoms with Crippen LogP contribution in [0.4, 0.5) is 4.39 Å². The van der Waals surface area contributed by atoms with Crippen molar-refractivity contribution in [1.82, 2.24) is 0 Å². The topological polar surface area (TPSA) is 39.2 Å². The third-order valence-corrected chi connectivity index (χ3v) is 2.89. The highest BCUT2D eigenvalue weighted by Gasteiger charge is 2.15. The second kappa shape index (κ2) is 3.37. The van der Waals surface area contributed by atoms with Crippen molar-refractivity contribution >= 4 is 26.9 Å². The molecule has 1 heterocycles. The first kappa shape index (κ1) is 9.68. The minimum absolute atomic E-state index is 0.274. The molecule has 0 amide bonds. The van der Waals surface area contributed by atoms with Gasteiger partial charge in [0.05, 0.1) is 16.4 Å². The van der Waals surface area contributed by atoms with Crippen LogP contribution in [0.2, 0.25) is 0 Å². The molecule has 0 aliphatic heterocycles. The predicted molar refractivity (Wildman–Crippen MR) is 56.5 cm³/mol. The molecule has 0 saturated heterocycles. The molecule has 74 valence electrons. The summed E-state index contributed by atoms with van der Waals surface area (Å²) in [5.74, 6) is 0.356. The van der Waals surface area contributed by atoms with Crippen LogP contribution >= 0.6 is 15.9 Å². The summed E-state index contributed by atoms with van der Waals surface area (Å²) in [6.07, 6.45) is 0. The number of nitrogens with two attached hydrogens (primary N) is 1. The first-order valence-corrected chi connectivity index (χ1v) is 5.00. The van der Waals surface area contributed by atoms with Gasteiger partial charge >= 0.3 is 0 Å². The predicted octanol–water partition coefficient (Wildman–Crippen LogP) is 3.10. The highest BCUT2D eigenvalue weighted by atomic mass is 79.9. The number of fused-ring (bicyclic) bond motifs is 1. The zero-order valence-corrected chi connectivity index (χ0v) is 9.19. The van der Waals surface area contributed by atoms with Gasteiger partial charge in [-0.25, -0.2) is 4.39 Å². The van der Waals surface area contributed by atoms with E-state index in [-0.39, 0.29) is 12.4 Å². The van der Waals surface area contributed by atoms with Gasteiger partial charge in [-0.1, -0.05) is 0 Å². The molecule has 0 bridgehead atoms. The van der Waals surface area contributed by atoms with E-state index in [9.17, 15) is 4.39 Å². The van der Waals surface area contributed by atoms with Crippen molar-refractivity contribution in [3.8, 4) is 0 Å². The summed E-state index contributed by atoms with van der Waals surface area (Å²) in [6.45, 7) is 2.09. The van der Waals surface area contributed by atoms with Crippen molar-refractivity contribution < 1.29 is 8.81 Å². The van der Waals surface area contributed by atoms with E-state index in [0.29, 0.717) is 16.7 Å². The third kappa shape index (κ3) is 1.26. The molecule has 0 aliphatic rings. The van der Waals surface area contributed by atoms with Crippen LogP contribution in [-0.2, 0) is 6.54 Å². The second-order valence-electron chi connectivity index (χ2n) is 3.09. The fourth-order valence-corrected chi connectivity index (χ4v) is 1.93. The molecule has 0 spiro atoms. The Hall–Kier alpha value is -0.870. The number of hydrogen-bond donors (Lipinski definition) is 1. The van der Waals surface area contributed by atoms with Gasteiger partial charge in [-0.15, -0.1) is 0 Å². The van der Waals surface area contributed by atoms with Gasteiger partial charge < -0.3 is 10.2 Å². The van der Waals surface area contributed by atoms with Crippen LogP contribution in [0.25, 0.3) is 11.0 Å². The van der Waals surface area contributed by atoms with E-state index in [0.717, 1.165) is 10.0 Å². The lowest BCUT2D eigenvalue weighted by Crippen LogP contribution is -1.95. The smallest absolute Gasteiger partial charge is 0.151 e. The second-order valence-corrected chi connectivity index (χ2v) is 3.94. The van der Waals surface area contributed by atoms with Crippen molar-refractivity contribution in [3.05, 3.63) is 33.7 Å².